The predicted octanol–water partition coefficient (Wildman–Crippen LogP) is 3.43. The first-order valence-electron chi connectivity index (χ1n) is 6.83. The Morgan fingerprint density at radius 3 is 2.58 bits per heavy atom. The monoisotopic (exact) mass is 280 g/mol. The van der Waals surface area contributed by atoms with Crippen molar-refractivity contribution in [3.05, 3.63) is 28.8 Å². The summed E-state index contributed by atoms with van der Waals surface area (Å²) >= 11 is 6.09. The molecule has 104 valence electrons. The molecule has 0 unspecified atom stereocenters. The van der Waals surface area contributed by atoms with E-state index in [0.29, 0.717) is 22.2 Å². The Morgan fingerprint density at radius 2 is 2.00 bits per heavy atom. The van der Waals surface area contributed by atoms with Gasteiger partial charge in [-0.3, -0.25) is 4.79 Å². The van der Waals surface area contributed by atoms with Gasteiger partial charge in [-0.25, -0.2) is 0 Å². The van der Waals surface area contributed by atoms with Crippen LogP contribution >= 0.6 is 11.6 Å². The molecule has 0 radical (unpaired) electrons. The van der Waals surface area contributed by atoms with Gasteiger partial charge in [-0.1, -0.05) is 25.4 Å². The van der Waals surface area contributed by atoms with Crippen molar-refractivity contribution in [3.63, 3.8) is 0 Å². The van der Waals surface area contributed by atoms with Gasteiger partial charge in [0.25, 0.3) is 5.91 Å². The number of carbonyl (C=O) groups is 1. The van der Waals surface area contributed by atoms with Crippen LogP contribution in [0.15, 0.2) is 18.2 Å². The molecule has 2 N–H and O–H groups in total. The van der Waals surface area contributed by atoms with Crippen molar-refractivity contribution in [2.45, 2.75) is 26.7 Å². The highest BCUT2D eigenvalue weighted by Gasteiger charge is 2.26. The Morgan fingerprint density at radius 1 is 1.37 bits per heavy atom. The second kappa shape index (κ2) is 5.83. The van der Waals surface area contributed by atoms with Crippen molar-refractivity contribution in [2.75, 3.05) is 18.8 Å². The quantitative estimate of drug-likeness (QED) is 0.844. The standard InChI is InChI=1S/C15H21ClN2O/c1-10(2)11-5-7-18(8-6-11)15(19)13-9-12(17)3-4-14(13)16/h3-4,9-11H,5-8,17H2,1-2H3. The molecule has 1 heterocycles. The zero-order valence-corrected chi connectivity index (χ0v) is 12.3. The lowest BCUT2D eigenvalue weighted by Gasteiger charge is -2.34. The summed E-state index contributed by atoms with van der Waals surface area (Å²) in [7, 11) is 0. The third-order valence-electron chi connectivity index (χ3n) is 3.99. The smallest absolute Gasteiger partial charge is 0.255 e. The van der Waals surface area contributed by atoms with Crippen molar-refractivity contribution in [2.24, 2.45) is 11.8 Å². The summed E-state index contributed by atoms with van der Waals surface area (Å²) in [6, 6.07) is 5.06. The number of hydrogen-bond donors (Lipinski definition) is 1. The Hall–Kier alpha value is -1.22. The molecule has 0 saturated carbocycles. The molecule has 1 aromatic carbocycles. The summed E-state index contributed by atoms with van der Waals surface area (Å²) in [6.45, 7) is 6.12. The number of likely N-dealkylation sites (tertiary alicyclic amines) is 1. The number of halogens is 1. The third kappa shape index (κ3) is 3.21. The van der Waals surface area contributed by atoms with Gasteiger partial charge in [0.2, 0.25) is 0 Å². The predicted molar refractivity (Wildman–Crippen MR) is 79.3 cm³/mol. The molecule has 0 aliphatic carbocycles. The first kappa shape index (κ1) is 14.2. The van der Waals surface area contributed by atoms with E-state index in [-0.39, 0.29) is 5.91 Å². The summed E-state index contributed by atoms with van der Waals surface area (Å²) < 4.78 is 0. The van der Waals surface area contributed by atoms with Gasteiger partial charge < -0.3 is 10.6 Å². The Labute approximate surface area is 119 Å². The maximum absolute atomic E-state index is 12.4. The number of benzene rings is 1. The highest BCUT2D eigenvalue weighted by molar-refractivity contribution is 6.34. The highest BCUT2D eigenvalue weighted by atomic mass is 35.5. The van der Waals surface area contributed by atoms with Crippen LogP contribution in [0.3, 0.4) is 0 Å². The van der Waals surface area contributed by atoms with E-state index in [9.17, 15) is 4.79 Å². The second-order valence-corrected chi connectivity index (χ2v) is 6.02. The zero-order valence-electron chi connectivity index (χ0n) is 11.5. The number of nitrogens with zero attached hydrogens (tertiary/aromatic N) is 1. The summed E-state index contributed by atoms with van der Waals surface area (Å²) in [5, 5.41) is 0.477. The molecule has 1 saturated heterocycles. The van der Waals surface area contributed by atoms with Gasteiger partial charge in [-0.05, 0) is 42.9 Å². The molecule has 0 atom stereocenters. The summed E-state index contributed by atoms with van der Waals surface area (Å²) in [5.41, 5.74) is 6.82. The van der Waals surface area contributed by atoms with Gasteiger partial charge in [-0.2, -0.15) is 0 Å². The Bertz CT molecular complexity index is 465. The molecule has 0 aromatic heterocycles. The highest BCUT2D eigenvalue weighted by Crippen LogP contribution is 2.27. The van der Waals surface area contributed by atoms with Gasteiger partial charge in [-0.15, -0.1) is 0 Å². The van der Waals surface area contributed by atoms with Crippen LogP contribution in [0.4, 0.5) is 5.69 Å². The van der Waals surface area contributed by atoms with E-state index in [0.717, 1.165) is 31.8 Å². The van der Waals surface area contributed by atoms with Crippen molar-refractivity contribution in [1.29, 1.82) is 0 Å². The van der Waals surface area contributed by atoms with Gasteiger partial charge in [0.05, 0.1) is 10.6 Å². The normalized spacial score (nSPS) is 16.9. The molecular formula is C15H21ClN2O. The number of piperidine rings is 1. The maximum Gasteiger partial charge on any atom is 0.255 e. The molecule has 0 spiro atoms. The molecule has 1 aromatic rings. The van der Waals surface area contributed by atoms with Crippen LogP contribution in [0, 0.1) is 11.8 Å². The summed E-state index contributed by atoms with van der Waals surface area (Å²) in [6.07, 6.45) is 2.15. The van der Waals surface area contributed by atoms with Gasteiger partial charge in [0, 0.05) is 18.8 Å². The molecule has 3 nitrogen and oxygen atoms in total. The molecule has 1 amide bonds. The van der Waals surface area contributed by atoms with E-state index in [1.807, 2.05) is 4.90 Å². The number of nitrogens with two attached hydrogens (primary N) is 1. The second-order valence-electron chi connectivity index (χ2n) is 5.61. The van der Waals surface area contributed by atoms with Crippen LogP contribution in [0.25, 0.3) is 0 Å². The Kier molecular flexibility index (Phi) is 4.35. The van der Waals surface area contributed by atoms with E-state index in [2.05, 4.69) is 13.8 Å². The van der Waals surface area contributed by atoms with Crippen LogP contribution in [-0.4, -0.2) is 23.9 Å². The van der Waals surface area contributed by atoms with Crippen LogP contribution in [0.2, 0.25) is 5.02 Å². The minimum absolute atomic E-state index is 0.000457. The van der Waals surface area contributed by atoms with E-state index in [1.165, 1.54) is 0 Å². The molecule has 2 rings (SSSR count). The van der Waals surface area contributed by atoms with Crippen LogP contribution < -0.4 is 5.73 Å². The molecule has 0 bridgehead atoms. The zero-order chi connectivity index (χ0) is 14.0. The van der Waals surface area contributed by atoms with Crippen LogP contribution in [0.1, 0.15) is 37.0 Å². The minimum Gasteiger partial charge on any atom is -0.399 e. The van der Waals surface area contributed by atoms with E-state index < -0.39 is 0 Å². The molecule has 1 aliphatic heterocycles. The van der Waals surface area contributed by atoms with Crippen LogP contribution in [0.5, 0.6) is 0 Å². The summed E-state index contributed by atoms with van der Waals surface area (Å²) in [5.74, 6) is 1.41. The lowest BCUT2D eigenvalue weighted by Crippen LogP contribution is -2.39. The van der Waals surface area contributed by atoms with E-state index in [4.69, 9.17) is 17.3 Å². The molecular weight excluding hydrogens is 260 g/mol. The average molecular weight is 281 g/mol. The van der Waals surface area contributed by atoms with E-state index >= 15 is 0 Å². The van der Waals surface area contributed by atoms with Crippen molar-refractivity contribution >= 4 is 23.2 Å². The SMILES string of the molecule is CC(C)C1CCN(C(=O)c2cc(N)ccc2Cl)CC1. The van der Waals surface area contributed by atoms with Crippen LogP contribution in [-0.2, 0) is 0 Å². The van der Waals surface area contributed by atoms with Gasteiger partial charge in [0.15, 0.2) is 0 Å². The first-order chi connectivity index (χ1) is 8.99. The van der Waals surface area contributed by atoms with Gasteiger partial charge >= 0.3 is 0 Å². The molecule has 1 fully saturated rings. The first-order valence-corrected chi connectivity index (χ1v) is 7.21. The number of rotatable bonds is 2. The number of nitrogen functional groups attached to an aromatic ring is 1. The number of hydrogen-bond acceptors (Lipinski definition) is 2. The largest absolute Gasteiger partial charge is 0.399 e. The molecule has 1 aliphatic rings. The topological polar surface area (TPSA) is 46.3 Å². The maximum atomic E-state index is 12.4. The average Bonchev–Trinajstić information content (AvgIpc) is 2.41. The number of carbonyl (C=O) groups excluding carboxylic acids is 1. The molecule has 4 heteroatoms. The van der Waals surface area contributed by atoms with Crippen molar-refractivity contribution in [1.82, 2.24) is 4.90 Å². The lowest BCUT2D eigenvalue weighted by molar-refractivity contribution is 0.0668. The number of amides is 1. The van der Waals surface area contributed by atoms with Crippen molar-refractivity contribution < 1.29 is 4.79 Å². The van der Waals surface area contributed by atoms with Crippen molar-refractivity contribution in [3.8, 4) is 0 Å². The summed E-state index contributed by atoms with van der Waals surface area (Å²) in [4.78, 5) is 14.3. The van der Waals surface area contributed by atoms with E-state index in [1.54, 1.807) is 18.2 Å². The fraction of sp³-hybridized carbons (Fsp3) is 0.533. The fourth-order valence-corrected chi connectivity index (χ4v) is 2.84. The third-order valence-corrected chi connectivity index (χ3v) is 4.32. The van der Waals surface area contributed by atoms with Gasteiger partial charge in [0.1, 0.15) is 0 Å². The lowest BCUT2D eigenvalue weighted by atomic mass is 9.86. The Balaban J connectivity index is 2.07. The fourth-order valence-electron chi connectivity index (χ4n) is 2.65. The minimum atomic E-state index is -0.000457. The number of anilines is 1. The molecule has 19 heavy (non-hydrogen) atoms.